The molecule has 0 saturated heterocycles. The van der Waals surface area contributed by atoms with Crippen LogP contribution in [0.4, 0.5) is 0 Å². The Balaban J connectivity index is -0.00000529. The van der Waals surface area contributed by atoms with Crippen LogP contribution in [0.1, 0.15) is 72.9 Å². The van der Waals surface area contributed by atoms with Gasteiger partial charge in [-0.05, 0) is 84.7 Å². The van der Waals surface area contributed by atoms with E-state index in [4.69, 9.17) is 0 Å². The molecule has 0 bridgehead atoms. The maximum absolute atomic E-state index is 11.2. The van der Waals surface area contributed by atoms with Crippen molar-refractivity contribution in [3.05, 3.63) is 57.6 Å². The van der Waals surface area contributed by atoms with E-state index in [0.717, 1.165) is 12.0 Å². The Hall–Kier alpha value is 4.55. The molecular formula is C27H36K4O14S4. The molecule has 0 radical (unpaired) electrons. The van der Waals surface area contributed by atoms with Crippen molar-refractivity contribution in [2.24, 2.45) is 0 Å². The smallest absolute Gasteiger partial charge is 0.748 e. The van der Waals surface area contributed by atoms with Crippen molar-refractivity contribution in [3.8, 4) is 11.5 Å². The first-order valence-corrected chi connectivity index (χ1v) is 19.5. The van der Waals surface area contributed by atoms with Gasteiger partial charge in [0.1, 0.15) is 11.5 Å². The Morgan fingerprint density at radius 1 is 0.612 bits per heavy atom. The van der Waals surface area contributed by atoms with Gasteiger partial charge in [-0.3, -0.25) is 5.04 Å². The summed E-state index contributed by atoms with van der Waals surface area (Å²) in [4.78, 5) is 0. The molecule has 0 amide bonds. The molecule has 2 rings (SSSR count). The molecule has 0 aliphatic carbocycles. The van der Waals surface area contributed by atoms with Gasteiger partial charge in [0.05, 0.1) is 30.4 Å². The summed E-state index contributed by atoms with van der Waals surface area (Å²) in [6, 6.07) is 6.67. The second-order valence-corrected chi connectivity index (χ2v) is 16.4. The maximum Gasteiger partial charge on any atom is 1.00 e. The normalized spacial score (nSPS) is 11.9. The van der Waals surface area contributed by atoms with Gasteiger partial charge < -0.3 is 29.1 Å². The zero-order valence-electron chi connectivity index (χ0n) is 28.7. The number of benzene rings is 2. The number of aromatic hydroxyl groups is 2. The van der Waals surface area contributed by atoms with Crippen molar-refractivity contribution in [2.45, 2.75) is 70.6 Å². The molecule has 0 aliphatic heterocycles. The Kier molecular flexibility index (Phi) is 32.2. The molecule has 0 fully saturated rings. The van der Waals surface area contributed by atoms with E-state index in [-0.39, 0.29) is 256 Å². The molecule has 0 unspecified atom stereocenters. The van der Waals surface area contributed by atoms with E-state index in [1.165, 1.54) is 0 Å². The average Bonchev–Trinajstić information content (AvgIpc) is 2.89. The summed E-state index contributed by atoms with van der Waals surface area (Å²) < 4.78 is 105. The van der Waals surface area contributed by atoms with Crippen LogP contribution in [0.25, 0.3) is 0 Å². The Morgan fingerprint density at radius 2 is 0.898 bits per heavy atom. The molecule has 14 nitrogen and oxygen atoms in total. The van der Waals surface area contributed by atoms with Gasteiger partial charge in [-0.2, -0.15) is 4.33 Å². The number of rotatable bonds is 20. The molecule has 0 aliphatic rings. The molecule has 0 saturated carbocycles. The molecule has 49 heavy (non-hydrogen) atoms. The van der Waals surface area contributed by atoms with E-state index in [2.05, 4.69) is 9.37 Å². The van der Waals surface area contributed by atoms with Crippen LogP contribution in [0.15, 0.2) is 24.3 Å². The molecule has 256 valence electrons. The fourth-order valence-corrected chi connectivity index (χ4v) is 6.73. The first-order chi connectivity index (χ1) is 20.7. The van der Waals surface area contributed by atoms with Crippen molar-refractivity contribution in [3.63, 3.8) is 0 Å². The summed E-state index contributed by atoms with van der Waals surface area (Å²) in [6.45, 7) is 3.66. The van der Waals surface area contributed by atoms with Crippen LogP contribution in [0.3, 0.4) is 0 Å². The number of aryl methyl sites for hydroxylation is 4. The number of phenols is 2. The van der Waals surface area contributed by atoms with E-state index in [1.807, 2.05) is 13.8 Å². The SMILES string of the molecule is CC(C)(c1cc(CCCSOO[O-])c(O)c(CCCS(=O)(=O)[O-])c1)c1cc(CCCS(=O)(=O)[O-])c(O)c(CCCS(=O)(=O)[O-])c1.[K+].[K+].[K+].[K+]. The van der Waals surface area contributed by atoms with Crippen LogP contribution >= 0.6 is 12.0 Å². The second-order valence-electron chi connectivity index (χ2n) is 11.1. The van der Waals surface area contributed by atoms with Crippen LogP contribution in [0.2, 0.25) is 0 Å². The number of phenolic OH excluding ortho intramolecular Hbond substituents is 2. The molecule has 0 heterocycles. The average molecular weight is 869 g/mol. The van der Waals surface area contributed by atoms with Gasteiger partial charge in [-0.25, -0.2) is 25.3 Å². The number of hydrogen-bond donors (Lipinski definition) is 2. The molecule has 2 N–H and O–H groups in total. The third-order valence-electron chi connectivity index (χ3n) is 7.25. The maximum atomic E-state index is 11.2. The minimum Gasteiger partial charge on any atom is -0.748 e. The van der Waals surface area contributed by atoms with Crippen molar-refractivity contribution in [1.82, 2.24) is 0 Å². The van der Waals surface area contributed by atoms with Crippen LogP contribution in [-0.4, -0.2) is 72.1 Å². The molecular weight excluding hydrogens is 833 g/mol. The minimum atomic E-state index is -4.52. The van der Waals surface area contributed by atoms with E-state index in [9.17, 15) is 54.4 Å². The van der Waals surface area contributed by atoms with Crippen LogP contribution in [-0.2, 0) is 70.8 Å². The van der Waals surface area contributed by atoms with E-state index >= 15 is 0 Å². The first-order valence-electron chi connectivity index (χ1n) is 13.8. The molecule has 2 aromatic carbocycles. The molecule has 22 heteroatoms. The van der Waals surface area contributed by atoms with Gasteiger partial charge in [0.15, 0.2) is 0 Å². The molecule has 2 aromatic rings. The summed E-state index contributed by atoms with van der Waals surface area (Å²) in [7, 11) is -13.5. The summed E-state index contributed by atoms with van der Waals surface area (Å²) in [5.74, 6) is -1.94. The van der Waals surface area contributed by atoms with Crippen LogP contribution < -0.4 is 211 Å². The predicted molar refractivity (Wildman–Crippen MR) is 160 cm³/mol. The fourth-order valence-electron chi connectivity index (χ4n) is 4.86. The van der Waals surface area contributed by atoms with Crippen molar-refractivity contribution in [2.75, 3.05) is 23.0 Å². The quantitative estimate of drug-likeness (QED) is 0.0313. The first kappa shape index (κ1) is 57.9. The summed E-state index contributed by atoms with van der Waals surface area (Å²) in [6.07, 6.45) is 0.604. The zero-order chi connectivity index (χ0) is 34.1. The van der Waals surface area contributed by atoms with Crippen LogP contribution in [0.5, 0.6) is 11.5 Å². The minimum absolute atomic E-state index is 0. The Morgan fingerprint density at radius 3 is 1.16 bits per heavy atom. The largest absolute Gasteiger partial charge is 1.00 e. The van der Waals surface area contributed by atoms with Gasteiger partial charge in [0.25, 0.3) is 0 Å². The van der Waals surface area contributed by atoms with Gasteiger partial charge in [-0.1, -0.05) is 38.1 Å². The number of hydrogen-bond acceptors (Lipinski definition) is 15. The van der Waals surface area contributed by atoms with Crippen molar-refractivity contribution < 1.29 is 269 Å². The molecule has 0 spiro atoms. The van der Waals surface area contributed by atoms with Crippen LogP contribution in [0, 0.1) is 0 Å². The van der Waals surface area contributed by atoms with E-state index in [1.54, 1.807) is 24.3 Å². The van der Waals surface area contributed by atoms with Gasteiger partial charge in [0, 0.05) is 40.5 Å². The molecule has 0 atom stereocenters. The summed E-state index contributed by atoms with van der Waals surface area (Å²) in [5, 5.41) is 35.3. The second kappa shape index (κ2) is 27.3. The zero-order valence-corrected chi connectivity index (χ0v) is 44.5. The van der Waals surface area contributed by atoms with E-state index in [0.29, 0.717) is 52.0 Å². The van der Waals surface area contributed by atoms with Gasteiger partial charge >= 0.3 is 206 Å². The monoisotopic (exact) mass is 868 g/mol. The third-order valence-corrected chi connectivity index (χ3v) is 10.2. The third kappa shape index (κ3) is 22.9. The summed E-state index contributed by atoms with van der Waals surface area (Å²) >= 11 is 0.770. The molecule has 0 aromatic heterocycles. The van der Waals surface area contributed by atoms with Gasteiger partial charge in [0.2, 0.25) is 0 Å². The van der Waals surface area contributed by atoms with Crippen molar-refractivity contribution in [1.29, 1.82) is 0 Å². The summed E-state index contributed by atoms with van der Waals surface area (Å²) in [5.41, 5.74) is 1.85. The van der Waals surface area contributed by atoms with Crippen molar-refractivity contribution >= 4 is 42.4 Å². The van der Waals surface area contributed by atoms with E-state index < -0.39 is 53.0 Å². The Labute approximate surface area is 463 Å². The Bertz CT molecular complexity index is 1580. The predicted octanol–water partition coefficient (Wildman–Crippen LogP) is -10.3. The topological polar surface area (TPSA) is 254 Å². The fraction of sp³-hybridized carbons (Fsp3) is 0.556. The van der Waals surface area contributed by atoms with Gasteiger partial charge in [-0.15, -0.1) is 0 Å². The standard InChI is InChI=1S/C27H40O14S4.4K/c1-27(2,23-15-19(7-3-11-42-41-40-30)25(28)20(16-23)8-4-12-43(31,32)33)24-17-21(9-5-13-44(34,35)36)26(29)22(18-24)10-6-14-45(37,38)39;;;;/h15-18,28-30H,3-14H2,1-2H3,(H,31,32,33)(H,34,35,36)(H,37,38,39);;;;/q;4*+1/p-4.